The first-order valence-corrected chi connectivity index (χ1v) is 7.74. The fraction of sp³-hybridized carbons (Fsp3) is 0.333. The quantitative estimate of drug-likeness (QED) is 0.814. The lowest BCUT2D eigenvalue weighted by Crippen LogP contribution is -2.28. The van der Waals surface area contributed by atoms with Gasteiger partial charge in [0.1, 0.15) is 17.9 Å². The van der Waals surface area contributed by atoms with Crippen LogP contribution in [0.5, 0.6) is 5.75 Å². The molecule has 0 saturated heterocycles. The van der Waals surface area contributed by atoms with Crippen LogP contribution in [0.15, 0.2) is 34.9 Å². The van der Waals surface area contributed by atoms with Crippen molar-refractivity contribution in [2.24, 2.45) is 0 Å². The van der Waals surface area contributed by atoms with Crippen LogP contribution in [-0.2, 0) is 11.2 Å². The van der Waals surface area contributed by atoms with Gasteiger partial charge in [-0.2, -0.15) is 0 Å². The number of carbonyl (C=O) groups excluding carboxylic acids is 1. The summed E-state index contributed by atoms with van der Waals surface area (Å²) in [5.41, 5.74) is 1.79. The molecular formula is C18H21NO5. The second-order valence-electron chi connectivity index (χ2n) is 5.49. The third-order valence-corrected chi connectivity index (χ3v) is 3.61. The van der Waals surface area contributed by atoms with Crippen molar-refractivity contribution in [2.75, 3.05) is 6.61 Å². The van der Waals surface area contributed by atoms with Crippen LogP contribution < -0.4 is 10.1 Å². The van der Waals surface area contributed by atoms with E-state index in [0.717, 1.165) is 11.3 Å². The minimum atomic E-state index is -1.05. The first-order chi connectivity index (χ1) is 11.4. The van der Waals surface area contributed by atoms with Gasteiger partial charge < -0.3 is 19.6 Å². The van der Waals surface area contributed by atoms with E-state index in [-0.39, 0.29) is 29.7 Å². The van der Waals surface area contributed by atoms with Gasteiger partial charge in [-0.15, -0.1) is 0 Å². The molecular weight excluding hydrogens is 310 g/mol. The Morgan fingerprint density at radius 2 is 2.12 bits per heavy atom. The van der Waals surface area contributed by atoms with Gasteiger partial charge in [0.25, 0.3) is 5.91 Å². The number of carboxylic acids is 1. The third kappa shape index (κ3) is 4.16. The predicted molar refractivity (Wildman–Crippen MR) is 88.3 cm³/mol. The number of benzene rings is 1. The van der Waals surface area contributed by atoms with Crippen molar-refractivity contribution in [3.8, 4) is 5.75 Å². The van der Waals surface area contributed by atoms with E-state index in [2.05, 4.69) is 5.32 Å². The molecule has 0 aliphatic heterocycles. The molecule has 0 bridgehead atoms. The van der Waals surface area contributed by atoms with Gasteiger partial charge in [-0.25, -0.2) is 0 Å². The number of furan rings is 1. The summed E-state index contributed by atoms with van der Waals surface area (Å²) in [5.74, 6) is -0.502. The minimum absolute atomic E-state index is 0.160. The van der Waals surface area contributed by atoms with E-state index in [1.807, 2.05) is 38.1 Å². The maximum absolute atomic E-state index is 12.5. The highest BCUT2D eigenvalue weighted by molar-refractivity contribution is 5.97. The summed E-state index contributed by atoms with van der Waals surface area (Å²) in [6.07, 6.45) is 1.07. The molecule has 1 amide bonds. The normalized spacial score (nSPS) is 11.8. The van der Waals surface area contributed by atoms with E-state index in [9.17, 15) is 9.59 Å². The number of aryl methyl sites for hydroxylation is 1. The molecule has 0 spiro atoms. The molecule has 0 aliphatic rings. The zero-order valence-electron chi connectivity index (χ0n) is 14.0. The Kier molecular flexibility index (Phi) is 5.63. The van der Waals surface area contributed by atoms with Gasteiger partial charge in [0, 0.05) is 5.56 Å². The highest BCUT2D eigenvalue weighted by Crippen LogP contribution is 2.22. The van der Waals surface area contributed by atoms with Crippen LogP contribution in [0.1, 0.15) is 47.1 Å². The van der Waals surface area contributed by atoms with E-state index in [1.54, 1.807) is 6.92 Å². The van der Waals surface area contributed by atoms with Gasteiger partial charge in [-0.05, 0) is 38.5 Å². The Balaban J connectivity index is 2.16. The Morgan fingerprint density at radius 1 is 1.38 bits per heavy atom. The number of carboxylic acid groups (broad SMARTS) is 1. The van der Waals surface area contributed by atoms with Gasteiger partial charge >= 0.3 is 5.97 Å². The summed E-state index contributed by atoms with van der Waals surface area (Å²) in [6.45, 7) is 6.04. The molecule has 1 aromatic carbocycles. The van der Waals surface area contributed by atoms with Crippen LogP contribution in [0.4, 0.5) is 0 Å². The number of carbonyl (C=O) groups is 2. The molecule has 2 rings (SSSR count). The molecule has 0 fully saturated rings. The zero-order valence-corrected chi connectivity index (χ0v) is 14.0. The van der Waals surface area contributed by atoms with E-state index >= 15 is 0 Å². The summed E-state index contributed by atoms with van der Waals surface area (Å²) in [5, 5.41) is 11.8. The summed E-state index contributed by atoms with van der Waals surface area (Å²) >= 11 is 0. The molecule has 6 heteroatoms. The van der Waals surface area contributed by atoms with E-state index in [0.29, 0.717) is 12.2 Å². The largest absolute Gasteiger partial charge is 0.494 e. The molecule has 2 N–H and O–H groups in total. The summed E-state index contributed by atoms with van der Waals surface area (Å²) < 4.78 is 10.7. The Labute approximate surface area is 140 Å². The molecule has 0 aliphatic carbocycles. The van der Waals surface area contributed by atoms with Gasteiger partial charge in [-0.1, -0.05) is 12.1 Å². The fourth-order valence-electron chi connectivity index (χ4n) is 2.46. The summed E-state index contributed by atoms with van der Waals surface area (Å²) in [7, 11) is 0. The zero-order chi connectivity index (χ0) is 17.7. The molecule has 6 nitrogen and oxygen atoms in total. The van der Waals surface area contributed by atoms with Crippen molar-refractivity contribution >= 4 is 11.9 Å². The second-order valence-corrected chi connectivity index (χ2v) is 5.49. The number of ether oxygens (including phenoxy) is 1. The molecule has 128 valence electrons. The van der Waals surface area contributed by atoms with Crippen molar-refractivity contribution in [1.29, 1.82) is 0 Å². The maximum atomic E-state index is 12.5. The topological polar surface area (TPSA) is 88.8 Å². The molecule has 1 heterocycles. The van der Waals surface area contributed by atoms with Crippen LogP contribution in [0, 0.1) is 6.92 Å². The number of nitrogens with one attached hydrogen (secondary N) is 1. The lowest BCUT2D eigenvalue weighted by Gasteiger charge is -2.16. The van der Waals surface area contributed by atoms with Crippen molar-refractivity contribution in [3.05, 3.63) is 53.0 Å². The SMILES string of the molecule is CCOc1cccc(C(C)NC(=O)c2c(C)coc2CC(=O)O)c1. The Hall–Kier alpha value is -2.76. The molecule has 1 atom stereocenters. The monoisotopic (exact) mass is 331 g/mol. The van der Waals surface area contributed by atoms with E-state index < -0.39 is 5.97 Å². The number of aliphatic carboxylic acids is 1. The van der Waals surface area contributed by atoms with Gasteiger partial charge in [0.15, 0.2) is 0 Å². The first-order valence-electron chi connectivity index (χ1n) is 7.74. The van der Waals surface area contributed by atoms with E-state index in [1.165, 1.54) is 6.26 Å². The Bertz CT molecular complexity index is 735. The van der Waals surface area contributed by atoms with Crippen LogP contribution >= 0.6 is 0 Å². The van der Waals surface area contributed by atoms with Crippen LogP contribution in [-0.4, -0.2) is 23.6 Å². The molecule has 0 radical (unpaired) electrons. The smallest absolute Gasteiger partial charge is 0.311 e. The van der Waals surface area contributed by atoms with Crippen molar-refractivity contribution in [1.82, 2.24) is 5.32 Å². The van der Waals surface area contributed by atoms with Crippen LogP contribution in [0.3, 0.4) is 0 Å². The van der Waals surface area contributed by atoms with Gasteiger partial charge in [0.05, 0.1) is 24.5 Å². The second kappa shape index (κ2) is 7.68. The van der Waals surface area contributed by atoms with Crippen LogP contribution in [0.2, 0.25) is 0 Å². The number of hydrogen-bond donors (Lipinski definition) is 2. The lowest BCUT2D eigenvalue weighted by atomic mass is 10.1. The molecule has 2 aromatic rings. The maximum Gasteiger partial charge on any atom is 0.311 e. The average Bonchev–Trinajstić information content (AvgIpc) is 2.87. The first kappa shape index (κ1) is 17.6. The number of amides is 1. The minimum Gasteiger partial charge on any atom is -0.494 e. The third-order valence-electron chi connectivity index (χ3n) is 3.61. The summed E-state index contributed by atoms with van der Waals surface area (Å²) in [6, 6.07) is 7.22. The average molecular weight is 331 g/mol. The van der Waals surface area contributed by atoms with Crippen LogP contribution in [0.25, 0.3) is 0 Å². The van der Waals surface area contributed by atoms with Crippen molar-refractivity contribution in [2.45, 2.75) is 33.2 Å². The lowest BCUT2D eigenvalue weighted by molar-refractivity contribution is -0.136. The number of hydrogen-bond acceptors (Lipinski definition) is 4. The fourth-order valence-corrected chi connectivity index (χ4v) is 2.46. The molecule has 24 heavy (non-hydrogen) atoms. The molecule has 1 unspecified atom stereocenters. The predicted octanol–water partition coefficient (Wildman–Crippen LogP) is 3.10. The highest BCUT2D eigenvalue weighted by Gasteiger charge is 2.22. The van der Waals surface area contributed by atoms with E-state index in [4.69, 9.17) is 14.3 Å². The number of rotatable bonds is 7. The van der Waals surface area contributed by atoms with Gasteiger partial charge in [0.2, 0.25) is 0 Å². The molecule has 1 aromatic heterocycles. The van der Waals surface area contributed by atoms with Crippen molar-refractivity contribution < 1.29 is 23.8 Å². The van der Waals surface area contributed by atoms with Crippen molar-refractivity contribution in [3.63, 3.8) is 0 Å². The standard InChI is InChI=1S/C18H21NO5/c1-4-23-14-7-5-6-13(8-14)12(3)19-18(22)17-11(2)10-24-15(17)9-16(20)21/h5-8,10,12H,4,9H2,1-3H3,(H,19,22)(H,20,21). The van der Waals surface area contributed by atoms with Gasteiger partial charge in [-0.3, -0.25) is 9.59 Å². The Morgan fingerprint density at radius 3 is 2.79 bits per heavy atom. The summed E-state index contributed by atoms with van der Waals surface area (Å²) in [4.78, 5) is 23.4. The highest BCUT2D eigenvalue weighted by atomic mass is 16.5. The molecule has 0 saturated carbocycles.